The highest BCUT2D eigenvalue weighted by atomic mass is 35.5. The van der Waals surface area contributed by atoms with Gasteiger partial charge in [0.15, 0.2) is 5.92 Å². The Morgan fingerprint density at radius 1 is 1.04 bits per heavy atom. The van der Waals surface area contributed by atoms with E-state index in [9.17, 15) is 9.59 Å². The molecule has 1 unspecified atom stereocenters. The second-order valence-corrected chi connectivity index (χ2v) is 7.81. The first-order valence-electron chi connectivity index (χ1n) is 9.25. The summed E-state index contributed by atoms with van der Waals surface area (Å²) in [5.74, 6) is -1.21. The number of nitrogens with zero attached hydrogens (tertiary/aromatic N) is 1. The molecule has 0 aromatic heterocycles. The molecule has 0 aliphatic carbocycles. The van der Waals surface area contributed by atoms with E-state index in [0.717, 1.165) is 11.3 Å². The standard InChI is InChI=1S/C21H33NO5.ClH/c1-15(2)22(14-16-8-10-17(25-6)11-9-16)13-12-18(19(23)26-7)20(24)27-21(3,4)5;/h8-11,15,18H,12-14H2,1-7H3;1H. The van der Waals surface area contributed by atoms with Gasteiger partial charge in [0, 0.05) is 19.1 Å². The molecule has 0 bridgehead atoms. The van der Waals surface area contributed by atoms with Gasteiger partial charge in [-0.05, 0) is 58.7 Å². The molecule has 0 saturated heterocycles. The first kappa shape index (κ1) is 26.2. The van der Waals surface area contributed by atoms with Gasteiger partial charge in [0.2, 0.25) is 0 Å². The fourth-order valence-electron chi connectivity index (χ4n) is 2.63. The molecule has 0 spiro atoms. The molecule has 1 aromatic rings. The van der Waals surface area contributed by atoms with Crippen LogP contribution in [-0.4, -0.2) is 49.2 Å². The fourth-order valence-corrected chi connectivity index (χ4v) is 2.63. The topological polar surface area (TPSA) is 65.1 Å². The van der Waals surface area contributed by atoms with E-state index in [1.54, 1.807) is 27.9 Å². The van der Waals surface area contributed by atoms with Crippen molar-refractivity contribution < 1.29 is 23.8 Å². The number of ether oxygens (including phenoxy) is 3. The minimum atomic E-state index is -0.925. The summed E-state index contributed by atoms with van der Waals surface area (Å²) in [6.45, 7) is 10.8. The highest BCUT2D eigenvalue weighted by Crippen LogP contribution is 2.18. The largest absolute Gasteiger partial charge is 0.497 e. The third-order valence-electron chi connectivity index (χ3n) is 4.16. The van der Waals surface area contributed by atoms with Gasteiger partial charge in [0.25, 0.3) is 0 Å². The molecule has 0 aliphatic heterocycles. The van der Waals surface area contributed by atoms with E-state index in [2.05, 4.69) is 18.7 Å². The van der Waals surface area contributed by atoms with Crippen molar-refractivity contribution in [3.63, 3.8) is 0 Å². The van der Waals surface area contributed by atoms with Crippen LogP contribution in [-0.2, 0) is 25.6 Å². The smallest absolute Gasteiger partial charge is 0.320 e. The van der Waals surface area contributed by atoms with E-state index in [1.165, 1.54) is 7.11 Å². The van der Waals surface area contributed by atoms with Crippen molar-refractivity contribution in [1.29, 1.82) is 0 Å². The van der Waals surface area contributed by atoms with E-state index in [0.29, 0.717) is 19.5 Å². The van der Waals surface area contributed by atoms with Crippen molar-refractivity contribution in [3.05, 3.63) is 29.8 Å². The second-order valence-electron chi connectivity index (χ2n) is 7.81. The van der Waals surface area contributed by atoms with Crippen molar-refractivity contribution in [2.24, 2.45) is 5.92 Å². The summed E-state index contributed by atoms with van der Waals surface area (Å²) in [5.41, 5.74) is 0.487. The van der Waals surface area contributed by atoms with Crippen LogP contribution in [0.3, 0.4) is 0 Å². The quantitative estimate of drug-likeness (QED) is 0.451. The number of carbonyl (C=O) groups excluding carboxylic acids is 2. The van der Waals surface area contributed by atoms with Crippen LogP contribution >= 0.6 is 12.4 Å². The molecule has 0 saturated carbocycles. The number of halogens is 1. The van der Waals surface area contributed by atoms with Crippen molar-refractivity contribution in [2.75, 3.05) is 20.8 Å². The third-order valence-corrected chi connectivity index (χ3v) is 4.16. The normalized spacial score (nSPS) is 12.3. The number of hydrogen-bond donors (Lipinski definition) is 0. The van der Waals surface area contributed by atoms with Gasteiger partial charge in [0.1, 0.15) is 11.4 Å². The Labute approximate surface area is 174 Å². The molecule has 1 aromatic carbocycles. The van der Waals surface area contributed by atoms with Crippen LogP contribution in [0.15, 0.2) is 24.3 Å². The average molecular weight is 416 g/mol. The van der Waals surface area contributed by atoms with Gasteiger partial charge in [0.05, 0.1) is 14.2 Å². The molecular weight excluding hydrogens is 382 g/mol. The summed E-state index contributed by atoms with van der Waals surface area (Å²) in [6, 6.07) is 8.13. The van der Waals surface area contributed by atoms with Crippen LogP contribution in [0.4, 0.5) is 0 Å². The number of carbonyl (C=O) groups is 2. The van der Waals surface area contributed by atoms with Crippen LogP contribution in [0.1, 0.15) is 46.6 Å². The molecule has 0 heterocycles. The minimum Gasteiger partial charge on any atom is -0.497 e. The summed E-state index contributed by atoms with van der Waals surface area (Å²) in [6.07, 6.45) is 0.343. The molecule has 160 valence electrons. The molecule has 1 rings (SSSR count). The third kappa shape index (κ3) is 8.93. The predicted octanol–water partition coefficient (Wildman–Crippen LogP) is 3.85. The molecule has 0 N–H and O–H groups in total. The van der Waals surface area contributed by atoms with Gasteiger partial charge in [-0.2, -0.15) is 0 Å². The van der Waals surface area contributed by atoms with E-state index < -0.39 is 23.5 Å². The summed E-state index contributed by atoms with van der Waals surface area (Å²) < 4.78 is 15.4. The van der Waals surface area contributed by atoms with E-state index >= 15 is 0 Å². The maximum Gasteiger partial charge on any atom is 0.320 e. The van der Waals surface area contributed by atoms with E-state index in [4.69, 9.17) is 14.2 Å². The average Bonchev–Trinajstić information content (AvgIpc) is 2.59. The van der Waals surface area contributed by atoms with Gasteiger partial charge in [-0.25, -0.2) is 0 Å². The number of methoxy groups -OCH3 is 2. The molecule has 28 heavy (non-hydrogen) atoms. The van der Waals surface area contributed by atoms with Crippen LogP contribution in [0.5, 0.6) is 5.75 Å². The van der Waals surface area contributed by atoms with E-state index in [-0.39, 0.29) is 18.4 Å². The number of benzene rings is 1. The van der Waals surface area contributed by atoms with Crippen LogP contribution < -0.4 is 4.74 Å². The summed E-state index contributed by atoms with van der Waals surface area (Å²) >= 11 is 0. The lowest BCUT2D eigenvalue weighted by Gasteiger charge is -2.28. The highest BCUT2D eigenvalue weighted by Gasteiger charge is 2.32. The van der Waals surface area contributed by atoms with Crippen molar-refractivity contribution in [1.82, 2.24) is 4.90 Å². The second kappa shape index (κ2) is 11.9. The maximum absolute atomic E-state index is 12.4. The van der Waals surface area contributed by atoms with Crippen LogP contribution in [0, 0.1) is 5.92 Å². The summed E-state index contributed by atoms with van der Waals surface area (Å²) in [7, 11) is 2.93. The lowest BCUT2D eigenvalue weighted by Crippen LogP contribution is -2.38. The van der Waals surface area contributed by atoms with Gasteiger partial charge in [-0.15, -0.1) is 12.4 Å². The molecule has 0 fully saturated rings. The number of esters is 2. The monoisotopic (exact) mass is 415 g/mol. The lowest BCUT2D eigenvalue weighted by molar-refractivity contribution is -0.168. The SMILES string of the molecule is COC(=O)C(CCN(Cc1ccc(OC)cc1)C(C)C)C(=O)OC(C)(C)C.Cl. The molecule has 6 nitrogen and oxygen atoms in total. The Kier molecular flexibility index (Phi) is 11.2. The van der Waals surface area contributed by atoms with Crippen molar-refractivity contribution >= 4 is 24.3 Å². The Balaban J connectivity index is 0.00000729. The first-order valence-corrected chi connectivity index (χ1v) is 9.25. The first-order chi connectivity index (χ1) is 12.6. The Bertz CT molecular complexity index is 610. The maximum atomic E-state index is 12.4. The van der Waals surface area contributed by atoms with Crippen LogP contribution in [0.25, 0.3) is 0 Å². The minimum absolute atomic E-state index is 0. The summed E-state index contributed by atoms with van der Waals surface area (Å²) in [4.78, 5) is 26.7. The molecule has 0 radical (unpaired) electrons. The Hall–Kier alpha value is -1.79. The van der Waals surface area contributed by atoms with E-state index in [1.807, 2.05) is 24.3 Å². The van der Waals surface area contributed by atoms with Gasteiger partial charge < -0.3 is 14.2 Å². The molecule has 7 heteroatoms. The Morgan fingerprint density at radius 3 is 2.04 bits per heavy atom. The van der Waals surface area contributed by atoms with Gasteiger partial charge in [-0.3, -0.25) is 14.5 Å². The number of hydrogen-bond acceptors (Lipinski definition) is 6. The zero-order chi connectivity index (χ0) is 20.6. The summed E-state index contributed by atoms with van der Waals surface area (Å²) in [5, 5.41) is 0. The van der Waals surface area contributed by atoms with Crippen molar-refractivity contribution in [3.8, 4) is 5.75 Å². The highest BCUT2D eigenvalue weighted by molar-refractivity contribution is 5.95. The molecule has 1 atom stereocenters. The molecule has 0 amide bonds. The van der Waals surface area contributed by atoms with Crippen LogP contribution in [0.2, 0.25) is 0 Å². The lowest BCUT2D eigenvalue weighted by atomic mass is 10.0. The number of rotatable bonds is 9. The van der Waals surface area contributed by atoms with Gasteiger partial charge >= 0.3 is 11.9 Å². The molecular formula is C21H34ClNO5. The predicted molar refractivity (Wildman–Crippen MR) is 112 cm³/mol. The fraction of sp³-hybridized carbons (Fsp3) is 0.619. The molecule has 0 aliphatic rings. The zero-order valence-corrected chi connectivity index (χ0v) is 18.8. The zero-order valence-electron chi connectivity index (χ0n) is 18.0. The van der Waals surface area contributed by atoms with Crippen molar-refractivity contribution in [2.45, 2.75) is 59.2 Å². The van der Waals surface area contributed by atoms with Gasteiger partial charge in [-0.1, -0.05) is 12.1 Å². The Morgan fingerprint density at radius 2 is 1.61 bits per heavy atom.